The fraction of sp³-hybridized carbons (Fsp3) is 0.389. The van der Waals surface area contributed by atoms with Crippen LogP contribution in [0.5, 0.6) is 5.75 Å². The second-order valence-electron chi connectivity index (χ2n) is 6.20. The quantitative estimate of drug-likeness (QED) is 0.902. The number of carbonyl (C=O) groups excluding carboxylic acids is 1. The number of ether oxygens (including phenoxy) is 1. The van der Waals surface area contributed by atoms with Gasteiger partial charge in [0.05, 0.1) is 18.2 Å². The molecule has 1 N–H and O–H groups in total. The van der Waals surface area contributed by atoms with Gasteiger partial charge in [0.1, 0.15) is 18.1 Å². The Bertz CT molecular complexity index is 700. The van der Waals surface area contributed by atoms with Crippen molar-refractivity contribution in [3.8, 4) is 5.75 Å². The second kappa shape index (κ2) is 7.28. The maximum absolute atomic E-state index is 12.5. The normalized spacial score (nSPS) is 17.9. The van der Waals surface area contributed by atoms with Crippen LogP contribution in [0.1, 0.15) is 17.4 Å². The standard InChI is InChI=1S/C18H21ClN2O3/c1-21(2)15(17-4-3-7-23-17)10-20-18(22)13-8-12-9-14(19)5-6-16(12)24-11-13/h3-7,9,13,15H,8,10-11H2,1-2H3,(H,20,22)/t13-,15-/m0/s1. The predicted molar refractivity (Wildman–Crippen MR) is 92.3 cm³/mol. The number of halogens is 1. The summed E-state index contributed by atoms with van der Waals surface area (Å²) < 4.78 is 11.2. The number of nitrogens with zero attached hydrogens (tertiary/aromatic N) is 1. The van der Waals surface area contributed by atoms with Crippen LogP contribution in [0.25, 0.3) is 0 Å². The molecule has 0 fully saturated rings. The number of rotatable bonds is 5. The molecule has 6 heteroatoms. The minimum absolute atomic E-state index is 0.00445. The van der Waals surface area contributed by atoms with E-state index in [1.165, 1.54) is 0 Å². The van der Waals surface area contributed by atoms with E-state index in [9.17, 15) is 4.79 Å². The summed E-state index contributed by atoms with van der Waals surface area (Å²) in [5.41, 5.74) is 0.976. The summed E-state index contributed by atoms with van der Waals surface area (Å²) in [6, 6.07) is 9.27. The van der Waals surface area contributed by atoms with E-state index in [2.05, 4.69) is 5.32 Å². The van der Waals surface area contributed by atoms with Crippen LogP contribution >= 0.6 is 11.6 Å². The molecule has 1 aromatic heterocycles. The summed E-state index contributed by atoms with van der Waals surface area (Å²) in [5.74, 6) is 1.41. The van der Waals surface area contributed by atoms with Crippen LogP contribution in [0.2, 0.25) is 5.02 Å². The molecule has 1 amide bonds. The third-order valence-electron chi connectivity index (χ3n) is 4.26. The van der Waals surface area contributed by atoms with Crippen molar-refractivity contribution >= 4 is 17.5 Å². The average Bonchev–Trinajstić information content (AvgIpc) is 3.08. The van der Waals surface area contributed by atoms with Crippen molar-refractivity contribution in [3.05, 3.63) is 52.9 Å². The highest BCUT2D eigenvalue weighted by Crippen LogP contribution is 2.30. The van der Waals surface area contributed by atoms with Gasteiger partial charge >= 0.3 is 0 Å². The van der Waals surface area contributed by atoms with Crippen molar-refractivity contribution in [2.75, 3.05) is 27.2 Å². The highest BCUT2D eigenvalue weighted by Gasteiger charge is 2.27. The first-order valence-corrected chi connectivity index (χ1v) is 8.31. The zero-order valence-electron chi connectivity index (χ0n) is 13.8. The van der Waals surface area contributed by atoms with Gasteiger partial charge in [0.15, 0.2) is 0 Å². The molecule has 0 saturated carbocycles. The third-order valence-corrected chi connectivity index (χ3v) is 4.50. The highest BCUT2D eigenvalue weighted by atomic mass is 35.5. The Morgan fingerprint density at radius 1 is 1.42 bits per heavy atom. The van der Waals surface area contributed by atoms with Crippen molar-refractivity contribution in [1.82, 2.24) is 10.2 Å². The van der Waals surface area contributed by atoms with Gasteiger partial charge in [-0.15, -0.1) is 0 Å². The molecule has 1 aliphatic rings. The number of nitrogens with one attached hydrogen (secondary N) is 1. The van der Waals surface area contributed by atoms with Crippen molar-refractivity contribution in [2.45, 2.75) is 12.5 Å². The summed E-state index contributed by atoms with van der Waals surface area (Å²) in [7, 11) is 3.92. The zero-order valence-corrected chi connectivity index (χ0v) is 14.5. The van der Waals surface area contributed by atoms with E-state index in [0.29, 0.717) is 24.6 Å². The molecular weight excluding hydrogens is 328 g/mol. The molecule has 2 aromatic rings. The number of benzene rings is 1. The van der Waals surface area contributed by atoms with Crippen LogP contribution in [-0.2, 0) is 11.2 Å². The summed E-state index contributed by atoms with van der Waals surface area (Å²) in [5, 5.41) is 3.67. The predicted octanol–water partition coefficient (Wildman–Crippen LogP) is 2.90. The number of hydrogen-bond acceptors (Lipinski definition) is 4. The largest absolute Gasteiger partial charge is 0.492 e. The van der Waals surface area contributed by atoms with Gasteiger partial charge in [-0.3, -0.25) is 9.69 Å². The topological polar surface area (TPSA) is 54.7 Å². The second-order valence-corrected chi connectivity index (χ2v) is 6.64. The Balaban J connectivity index is 1.61. The molecule has 0 saturated heterocycles. The van der Waals surface area contributed by atoms with Gasteiger partial charge in [0.25, 0.3) is 0 Å². The minimum atomic E-state index is -0.213. The van der Waals surface area contributed by atoms with Crippen LogP contribution in [-0.4, -0.2) is 38.1 Å². The lowest BCUT2D eigenvalue weighted by atomic mass is 9.96. The summed E-state index contributed by atoms with van der Waals surface area (Å²) in [6.45, 7) is 0.867. The van der Waals surface area contributed by atoms with Crippen molar-refractivity contribution in [3.63, 3.8) is 0 Å². The maximum atomic E-state index is 12.5. The number of fused-ring (bicyclic) bond motifs is 1. The van der Waals surface area contributed by atoms with E-state index in [4.69, 9.17) is 20.8 Å². The fourth-order valence-electron chi connectivity index (χ4n) is 2.89. The van der Waals surface area contributed by atoms with Crippen molar-refractivity contribution in [2.24, 2.45) is 5.92 Å². The zero-order chi connectivity index (χ0) is 17.1. The van der Waals surface area contributed by atoms with Gasteiger partial charge < -0.3 is 14.5 Å². The van der Waals surface area contributed by atoms with Crippen molar-refractivity contribution in [1.29, 1.82) is 0 Å². The lowest BCUT2D eigenvalue weighted by molar-refractivity contribution is -0.126. The molecule has 2 heterocycles. The fourth-order valence-corrected chi connectivity index (χ4v) is 3.09. The molecule has 1 aliphatic heterocycles. The number of likely N-dealkylation sites (N-methyl/N-ethyl adjacent to an activating group) is 1. The van der Waals surface area contributed by atoms with Crippen LogP contribution < -0.4 is 10.1 Å². The van der Waals surface area contributed by atoms with E-state index in [1.807, 2.05) is 43.3 Å². The Morgan fingerprint density at radius 2 is 2.25 bits per heavy atom. The van der Waals surface area contributed by atoms with Crippen LogP contribution in [0.3, 0.4) is 0 Å². The van der Waals surface area contributed by atoms with Gasteiger partial charge in [0, 0.05) is 11.6 Å². The lowest BCUT2D eigenvalue weighted by Gasteiger charge is -2.27. The molecular formula is C18H21ClN2O3. The van der Waals surface area contributed by atoms with Crippen LogP contribution in [0.15, 0.2) is 41.0 Å². The van der Waals surface area contributed by atoms with E-state index in [-0.39, 0.29) is 17.9 Å². The first-order chi connectivity index (χ1) is 11.5. The van der Waals surface area contributed by atoms with Gasteiger partial charge in [-0.1, -0.05) is 11.6 Å². The van der Waals surface area contributed by atoms with Gasteiger partial charge in [-0.2, -0.15) is 0 Å². The van der Waals surface area contributed by atoms with Gasteiger partial charge in [-0.05, 0) is 56.4 Å². The Labute approximate surface area is 146 Å². The molecule has 24 heavy (non-hydrogen) atoms. The molecule has 0 spiro atoms. The first-order valence-electron chi connectivity index (χ1n) is 7.93. The molecule has 0 radical (unpaired) electrons. The van der Waals surface area contributed by atoms with Crippen LogP contribution in [0.4, 0.5) is 0 Å². The molecule has 3 rings (SSSR count). The maximum Gasteiger partial charge on any atom is 0.226 e. The molecule has 0 unspecified atom stereocenters. The lowest BCUT2D eigenvalue weighted by Crippen LogP contribution is -2.41. The molecule has 2 atom stereocenters. The summed E-state index contributed by atoms with van der Waals surface area (Å²) in [4.78, 5) is 14.5. The monoisotopic (exact) mass is 348 g/mol. The van der Waals surface area contributed by atoms with Crippen LogP contribution in [0, 0.1) is 5.92 Å². The molecule has 0 aliphatic carbocycles. The van der Waals surface area contributed by atoms with E-state index >= 15 is 0 Å². The third kappa shape index (κ3) is 3.74. The SMILES string of the molecule is CN(C)[C@@H](CNC(=O)[C@@H]1COc2ccc(Cl)cc2C1)c1ccco1. The summed E-state index contributed by atoms with van der Waals surface area (Å²) in [6.07, 6.45) is 2.28. The highest BCUT2D eigenvalue weighted by molar-refractivity contribution is 6.30. The first kappa shape index (κ1) is 16.9. The summed E-state index contributed by atoms with van der Waals surface area (Å²) >= 11 is 6.03. The number of furan rings is 1. The van der Waals surface area contributed by atoms with Crippen molar-refractivity contribution < 1.29 is 13.9 Å². The smallest absolute Gasteiger partial charge is 0.226 e. The van der Waals surface area contributed by atoms with E-state index in [0.717, 1.165) is 17.1 Å². The molecule has 1 aromatic carbocycles. The Hall–Kier alpha value is -1.98. The Kier molecular flexibility index (Phi) is 5.11. The Morgan fingerprint density at radius 3 is 2.96 bits per heavy atom. The van der Waals surface area contributed by atoms with E-state index in [1.54, 1.807) is 12.3 Å². The molecule has 128 valence electrons. The number of carbonyl (C=O) groups is 1. The average molecular weight is 349 g/mol. The molecule has 0 bridgehead atoms. The van der Waals surface area contributed by atoms with Gasteiger partial charge in [0.2, 0.25) is 5.91 Å². The van der Waals surface area contributed by atoms with Gasteiger partial charge in [-0.25, -0.2) is 0 Å². The number of hydrogen-bond donors (Lipinski definition) is 1. The minimum Gasteiger partial charge on any atom is -0.492 e. The number of amides is 1. The van der Waals surface area contributed by atoms with E-state index < -0.39 is 0 Å². The molecule has 5 nitrogen and oxygen atoms in total.